The predicted octanol–water partition coefficient (Wildman–Crippen LogP) is 3.96. The molecule has 366 valence electrons. The van der Waals surface area contributed by atoms with Crippen LogP contribution in [-0.2, 0) is 44.8 Å². The Balaban J connectivity index is 1.60. The lowest BCUT2D eigenvalue weighted by Crippen LogP contribution is -2.59. The van der Waals surface area contributed by atoms with E-state index in [9.17, 15) is 48.6 Å². The van der Waals surface area contributed by atoms with Crippen LogP contribution in [0.15, 0.2) is 30.3 Å². The number of amides is 7. The molecule has 1 aliphatic carbocycles. The van der Waals surface area contributed by atoms with Crippen molar-refractivity contribution < 1.29 is 48.6 Å². The van der Waals surface area contributed by atoms with E-state index in [1.54, 1.807) is 0 Å². The molecule has 1 aliphatic rings. The number of unbranched alkanes of at least 4 members (excludes halogenated alkanes) is 11. The van der Waals surface area contributed by atoms with E-state index in [4.69, 9.17) is 11.5 Å². The second kappa shape index (κ2) is 31.8. The van der Waals surface area contributed by atoms with Gasteiger partial charge in [-0.15, -0.1) is 0 Å². The Morgan fingerprint density at radius 2 is 1.11 bits per heavy atom. The Morgan fingerprint density at radius 1 is 0.615 bits per heavy atom. The average molecular weight is 914 g/mol. The number of carbonyl (C=O) groups excluding carboxylic acids is 7. The molecule has 1 saturated carbocycles. The molecule has 1 aromatic carbocycles. The molecule has 0 heterocycles. The van der Waals surface area contributed by atoms with Gasteiger partial charge in [0.25, 0.3) is 0 Å². The molecule has 65 heavy (non-hydrogen) atoms. The molecule has 0 aliphatic heterocycles. The molecule has 11 N–H and O–H groups in total. The van der Waals surface area contributed by atoms with Crippen molar-refractivity contribution in [3.8, 4) is 0 Å². The highest BCUT2D eigenvalue weighted by atomic mass is 16.4. The Bertz CT molecular complexity index is 1640. The highest BCUT2D eigenvalue weighted by molar-refractivity contribution is 5.95. The molecule has 17 heteroatoms. The SMILES string of the molecule is CC(C)C[C@H](NC(=O)[C@@H](NC(=O)CCCCCCCCCCCCCCC(=O)N[C@@H](CC(N)=O)C(=O)N[C@@H](CCc1ccccc1)C(=O)O)C(C)O)C(=O)N[C@H](C(N)=O)C1CCCCC1. The number of aliphatic hydroxyl groups excluding tert-OH is 1. The van der Waals surface area contributed by atoms with Crippen LogP contribution in [0.3, 0.4) is 0 Å². The first-order valence-electron chi connectivity index (χ1n) is 24.0. The molecule has 1 unspecified atom stereocenters. The fourth-order valence-electron chi connectivity index (χ4n) is 8.26. The van der Waals surface area contributed by atoms with Gasteiger partial charge in [-0.3, -0.25) is 33.6 Å². The average Bonchev–Trinajstić information content (AvgIpc) is 3.25. The summed E-state index contributed by atoms with van der Waals surface area (Å²) >= 11 is 0. The molecule has 2 rings (SSSR count). The largest absolute Gasteiger partial charge is 0.480 e. The smallest absolute Gasteiger partial charge is 0.326 e. The van der Waals surface area contributed by atoms with Gasteiger partial charge in [0.05, 0.1) is 12.5 Å². The lowest BCUT2D eigenvalue weighted by molar-refractivity contribution is -0.142. The molecule has 0 radical (unpaired) electrons. The van der Waals surface area contributed by atoms with Crippen molar-refractivity contribution >= 4 is 47.3 Å². The van der Waals surface area contributed by atoms with Crippen molar-refractivity contribution in [1.82, 2.24) is 26.6 Å². The van der Waals surface area contributed by atoms with Crippen molar-refractivity contribution in [2.75, 3.05) is 0 Å². The zero-order valence-corrected chi connectivity index (χ0v) is 39.1. The maximum absolute atomic E-state index is 13.4. The van der Waals surface area contributed by atoms with Crippen LogP contribution in [0.4, 0.5) is 0 Å². The summed E-state index contributed by atoms with van der Waals surface area (Å²) in [6.45, 7) is 5.22. The predicted molar refractivity (Wildman–Crippen MR) is 247 cm³/mol. The number of hydrogen-bond donors (Lipinski definition) is 9. The van der Waals surface area contributed by atoms with Gasteiger partial charge in [-0.2, -0.15) is 0 Å². The first-order chi connectivity index (χ1) is 31.0. The molecule has 7 amide bonds. The van der Waals surface area contributed by atoms with Gasteiger partial charge in [-0.25, -0.2) is 4.79 Å². The number of primary amides is 2. The number of carboxylic acid groups (broad SMARTS) is 1. The number of nitrogens with two attached hydrogens (primary N) is 2. The van der Waals surface area contributed by atoms with E-state index < -0.39 is 84.1 Å². The van der Waals surface area contributed by atoms with Gasteiger partial charge in [0.15, 0.2) is 0 Å². The van der Waals surface area contributed by atoms with Crippen molar-refractivity contribution in [1.29, 1.82) is 0 Å². The molecule has 17 nitrogen and oxygen atoms in total. The molecular formula is C48H79N7O10. The Labute approximate surface area is 385 Å². The summed E-state index contributed by atoms with van der Waals surface area (Å²) in [6, 6.07) is 3.73. The molecule has 0 saturated heterocycles. The summed E-state index contributed by atoms with van der Waals surface area (Å²) in [5.74, 6) is -5.37. The fraction of sp³-hybridized carbons (Fsp3) is 0.708. The molecule has 6 atom stereocenters. The highest BCUT2D eigenvalue weighted by Crippen LogP contribution is 2.27. The normalized spacial score (nSPS) is 15.6. The minimum Gasteiger partial charge on any atom is -0.480 e. The summed E-state index contributed by atoms with van der Waals surface area (Å²) in [6.07, 6.45) is 15.3. The fourth-order valence-corrected chi connectivity index (χ4v) is 8.26. The minimum absolute atomic E-state index is 0.0286. The van der Waals surface area contributed by atoms with Gasteiger partial charge in [0, 0.05) is 12.8 Å². The summed E-state index contributed by atoms with van der Waals surface area (Å²) in [7, 11) is 0. The van der Waals surface area contributed by atoms with Crippen molar-refractivity contribution in [3.05, 3.63) is 35.9 Å². The lowest BCUT2D eigenvalue weighted by Gasteiger charge is -2.31. The van der Waals surface area contributed by atoms with Crippen molar-refractivity contribution in [3.63, 3.8) is 0 Å². The van der Waals surface area contributed by atoms with Crippen molar-refractivity contribution in [2.45, 2.75) is 205 Å². The van der Waals surface area contributed by atoms with Gasteiger partial charge in [0.2, 0.25) is 41.4 Å². The van der Waals surface area contributed by atoms with Crippen LogP contribution >= 0.6 is 0 Å². The van der Waals surface area contributed by atoms with Crippen LogP contribution in [0.1, 0.15) is 168 Å². The second-order valence-electron chi connectivity index (χ2n) is 18.2. The number of aliphatic hydroxyl groups is 1. The van der Waals surface area contributed by atoms with E-state index in [2.05, 4.69) is 26.6 Å². The van der Waals surface area contributed by atoms with Gasteiger partial charge in [-0.1, -0.05) is 128 Å². The number of carbonyl (C=O) groups is 8. The number of benzene rings is 1. The number of nitrogens with one attached hydrogen (secondary N) is 5. The summed E-state index contributed by atoms with van der Waals surface area (Å²) in [5, 5.41) is 33.1. The van der Waals surface area contributed by atoms with E-state index in [1.807, 2.05) is 44.2 Å². The Kier molecular flexibility index (Phi) is 27.4. The van der Waals surface area contributed by atoms with Gasteiger partial charge < -0.3 is 48.3 Å². The molecule has 0 spiro atoms. The minimum atomic E-state index is -1.26. The monoisotopic (exact) mass is 914 g/mol. The maximum atomic E-state index is 13.4. The topological polar surface area (TPSA) is 289 Å². The zero-order chi connectivity index (χ0) is 48.1. The maximum Gasteiger partial charge on any atom is 0.326 e. The first kappa shape index (κ1) is 56.1. The van der Waals surface area contributed by atoms with E-state index in [0.717, 1.165) is 102 Å². The van der Waals surface area contributed by atoms with Gasteiger partial charge in [-0.05, 0) is 69.3 Å². The Hall–Kier alpha value is -5.06. The molecular weight excluding hydrogens is 835 g/mol. The highest BCUT2D eigenvalue weighted by Gasteiger charge is 2.34. The van der Waals surface area contributed by atoms with Crippen LogP contribution in [0.5, 0.6) is 0 Å². The van der Waals surface area contributed by atoms with Crippen LogP contribution in [0.25, 0.3) is 0 Å². The number of rotatable bonds is 34. The molecule has 0 bridgehead atoms. The number of hydrogen-bond acceptors (Lipinski definition) is 9. The van der Waals surface area contributed by atoms with Gasteiger partial charge in [0.1, 0.15) is 30.2 Å². The Morgan fingerprint density at radius 3 is 1.58 bits per heavy atom. The van der Waals surface area contributed by atoms with E-state index >= 15 is 0 Å². The van der Waals surface area contributed by atoms with Crippen LogP contribution in [-0.4, -0.2) is 93.8 Å². The van der Waals surface area contributed by atoms with Crippen LogP contribution in [0.2, 0.25) is 0 Å². The molecule has 1 aromatic rings. The number of aliphatic carboxylic acids is 1. The summed E-state index contributed by atoms with van der Waals surface area (Å²) in [4.78, 5) is 101. The van der Waals surface area contributed by atoms with Crippen molar-refractivity contribution in [2.24, 2.45) is 23.3 Å². The quantitative estimate of drug-likeness (QED) is 0.0449. The van der Waals surface area contributed by atoms with E-state index in [-0.39, 0.29) is 37.0 Å². The van der Waals surface area contributed by atoms with Crippen LogP contribution < -0.4 is 38.1 Å². The summed E-state index contributed by atoms with van der Waals surface area (Å²) < 4.78 is 0. The van der Waals surface area contributed by atoms with Crippen LogP contribution in [0, 0.1) is 11.8 Å². The number of aryl methyl sites for hydroxylation is 1. The van der Waals surface area contributed by atoms with E-state index in [1.165, 1.54) is 6.92 Å². The third-order valence-corrected chi connectivity index (χ3v) is 11.9. The lowest BCUT2D eigenvalue weighted by atomic mass is 9.83. The third-order valence-electron chi connectivity index (χ3n) is 11.9. The zero-order valence-electron chi connectivity index (χ0n) is 39.1. The number of carboxylic acids is 1. The summed E-state index contributed by atoms with van der Waals surface area (Å²) in [5.41, 5.74) is 11.9. The van der Waals surface area contributed by atoms with E-state index in [0.29, 0.717) is 25.7 Å². The molecule has 1 fully saturated rings. The first-order valence-corrected chi connectivity index (χ1v) is 24.0. The van der Waals surface area contributed by atoms with Gasteiger partial charge >= 0.3 is 5.97 Å². The third kappa shape index (κ3) is 24.2. The molecule has 0 aromatic heterocycles. The standard InChI is InChI=1S/C48H79N7O10/c1-32(2)30-37(46(62)55-43(44(50)60)35-24-18-15-19-25-35)53-47(63)42(33(3)56)54-41(59)27-21-13-11-9-7-5-4-6-8-10-12-20-26-40(58)51-38(31-39(49)57)45(61)52-36(48(64)65)29-28-34-22-16-14-17-23-34/h14,16-17,22-23,32-33,35-38,42-43,56H,4-13,15,18-21,24-31H2,1-3H3,(H2,49,57)(H2,50,60)(H,51,58)(H,52,61)(H,53,63)(H,54,59)(H,55,62)(H,64,65)/t33?,36-,37-,38-,42-,43-/m0/s1. The second-order valence-corrected chi connectivity index (χ2v) is 18.2.